The maximum Gasteiger partial charge on any atom is 0.00981 e. The molecule has 4 aromatic carbocycles. The third kappa shape index (κ3) is 8.75. The van der Waals surface area contributed by atoms with E-state index in [0.29, 0.717) is 34.7 Å². The zero-order chi connectivity index (χ0) is 38.4. The van der Waals surface area contributed by atoms with Crippen LogP contribution in [0.5, 0.6) is 0 Å². The molecule has 294 valence electrons. The van der Waals surface area contributed by atoms with Crippen molar-refractivity contribution < 1.29 is 0 Å². The third-order valence-electron chi connectivity index (χ3n) is 14.9. The van der Waals surface area contributed by atoms with Crippen LogP contribution in [0.25, 0.3) is 0 Å². The van der Waals surface area contributed by atoms with Crippen molar-refractivity contribution in [3.63, 3.8) is 0 Å². The molecule has 0 bridgehead atoms. The van der Waals surface area contributed by atoms with Crippen LogP contribution in [0.1, 0.15) is 90.9 Å². The van der Waals surface area contributed by atoms with Gasteiger partial charge in [0.1, 0.15) is 0 Å². The summed E-state index contributed by atoms with van der Waals surface area (Å²) in [5.41, 5.74) is 0.709. The quantitative estimate of drug-likeness (QED) is 0.132. The van der Waals surface area contributed by atoms with E-state index in [0.717, 1.165) is 17.8 Å². The predicted molar refractivity (Wildman–Crippen MR) is 244 cm³/mol. The van der Waals surface area contributed by atoms with Gasteiger partial charge in [0.05, 0.1) is 0 Å². The van der Waals surface area contributed by atoms with Gasteiger partial charge in [0.2, 0.25) is 0 Å². The van der Waals surface area contributed by atoms with Gasteiger partial charge in [0.25, 0.3) is 0 Å². The Balaban J connectivity index is 1.27. The molecular weight excluding hydrogens is 703 g/mol. The molecule has 3 fully saturated rings. The maximum atomic E-state index is 2.57. The summed E-state index contributed by atoms with van der Waals surface area (Å²) >= 11 is 0. The maximum absolute atomic E-state index is 2.57. The van der Waals surface area contributed by atoms with E-state index < -0.39 is 15.8 Å². The first-order valence-electron chi connectivity index (χ1n) is 21.9. The minimum Gasteiger partial charge on any atom is -0.306 e. The van der Waals surface area contributed by atoms with Gasteiger partial charge in [-0.25, -0.2) is 0 Å². The smallest absolute Gasteiger partial charge is 0.00981 e. The molecule has 9 atom stereocenters. The first kappa shape index (κ1) is 40.8. The van der Waals surface area contributed by atoms with Crippen molar-refractivity contribution in [1.29, 1.82) is 0 Å². The second-order valence-electron chi connectivity index (χ2n) is 18.0. The number of hydrogen-bond donors (Lipinski definition) is 0. The van der Waals surface area contributed by atoms with E-state index in [4.69, 9.17) is 0 Å². The van der Waals surface area contributed by atoms with E-state index in [9.17, 15) is 0 Å². The van der Waals surface area contributed by atoms with Crippen molar-refractivity contribution in [2.75, 3.05) is 28.2 Å². The Morgan fingerprint density at radius 1 is 0.509 bits per heavy atom. The summed E-state index contributed by atoms with van der Waals surface area (Å²) in [6, 6.07) is 48.2. The molecule has 7 rings (SSSR count). The Hall–Kier alpha value is -2.34. The van der Waals surface area contributed by atoms with Gasteiger partial charge in [0.15, 0.2) is 0 Å². The monoisotopic (exact) mass is 773 g/mol. The molecule has 4 aromatic rings. The number of rotatable bonds is 12. The highest BCUT2D eigenvalue weighted by molar-refractivity contribution is 7.74. The summed E-state index contributed by atoms with van der Waals surface area (Å²) in [5, 5.41) is 6.65. The second kappa shape index (κ2) is 18.9. The molecule has 2 nitrogen and oxygen atoms in total. The minimum absolute atomic E-state index is 0.306. The Bertz CT molecular complexity index is 1640. The fourth-order valence-corrected chi connectivity index (χ4v) is 19.2. The molecule has 0 saturated heterocycles. The molecule has 0 spiro atoms. The topological polar surface area (TPSA) is 6.48 Å². The summed E-state index contributed by atoms with van der Waals surface area (Å²) < 4.78 is 0. The van der Waals surface area contributed by atoms with Crippen molar-refractivity contribution in [1.82, 2.24) is 9.80 Å². The largest absolute Gasteiger partial charge is 0.306 e. The van der Waals surface area contributed by atoms with Gasteiger partial charge in [0, 0.05) is 17.2 Å². The first-order valence-corrected chi connectivity index (χ1v) is 24.7. The lowest BCUT2D eigenvalue weighted by atomic mass is 9.72. The molecule has 3 aliphatic rings. The zero-order valence-corrected chi connectivity index (χ0v) is 36.7. The first-order chi connectivity index (χ1) is 26.8. The summed E-state index contributed by atoms with van der Waals surface area (Å²) in [6.07, 6.45) is 16.7. The summed E-state index contributed by atoms with van der Waals surface area (Å²) in [5.74, 6) is 3.76. The van der Waals surface area contributed by atoms with Crippen molar-refractivity contribution in [2.45, 2.75) is 114 Å². The fraction of sp³-hybridized carbons (Fsp3) is 0.529. The molecule has 4 heteroatoms. The van der Waals surface area contributed by atoms with Gasteiger partial charge in [-0.15, -0.1) is 0 Å². The molecule has 0 aromatic heterocycles. The van der Waals surface area contributed by atoms with Crippen LogP contribution in [0.2, 0.25) is 0 Å². The van der Waals surface area contributed by atoms with Crippen LogP contribution in [0.15, 0.2) is 121 Å². The summed E-state index contributed by atoms with van der Waals surface area (Å²) in [7, 11) is 8.43. The standard InChI is InChI=1S/C51H70N2P2/c1-39(52(3)4)48-33-22-38-51(48,55(45-29-18-10-19-30-45)46-31-20-11-21-32-46)42-24-13-7-12-23-41(34-35-42)47-36-37-49(50(47)40(2)53(5)6)54(43-25-14-8-15-26-43)44-27-16-9-17-28-44/h8-11,14-21,25-32,39-42,47-50H,7,12-13,22-24,33-38H2,1-6H3/t39-,40-,41?,42?,47?,48+,49?,50+,51?/m1/s1. The van der Waals surface area contributed by atoms with Crippen LogP contribution < -0.4 is 21.2 Å². The minimum atomic E-state index is -0.535. The predicted octanol–water partition coefficient (Wildman–Crippen LogP) is 11.1. The molecule has 0 aliphatic heterocycles. The average molecular weight is 773 g/mol. The van der Waals surface area contributed by atoms with Gasteiger partial charge in [-0.3, -0.25) is 0 Å². The highest BCUT2D eigenvalue weighted by Gasteiger charge is 2.56. The molecule has 0 heterocycles. The van der Waals surface area contributed by atoms with E-state index in [1.807, 2.05) is 0 Å². The van der Waals surface area contributed by atoms with Crippen LogP contribution in [0, 0.1) is 29.6 Å². The molecular formula is C51H70N2P2. The third-order valence-corrected chi connectivity index (χ3v) is 21.3. The molecule has 3 saturated carbocycles. The molecule has 5 unspecified atom stereocenters. The van der Waals surface area contributed by atoms with Crippen LogP contribution >= 0.6 is 15.8 Å². The summed E-state index contributed by atoms with van der Waals surface area (Å²) in [4.78, 5) is 5.14. The van der Waals surface area contributed by atoms with Crippen LogP contribution in [-0.2, 0) is 0 Å². The lowest BCUT2D eigenvalue weighted by molar-refractivity contribution is 0.130. The molecule has 55 heavy (non-hydrogen) atoms. The van der Waals surface area contributed by atoms with Crippen molar-refractivity contribution in [3.05, 3.63) is 121 Å². The van der Waals surface area contributed by atoms with Gasteiger partial charge in [-0.05, 0) is 159 Å². The Morgan fingerprint density at radius 3 is 1.55 bits per heavy atom. The number of hydrogen-bond acceptors (Lipinski definition) is 2. The van der Waals surface area contributed by atoms with Gasteiger partial charge in [-0.1, -0.05) is 153 Å². The van der Waals surface area contributed by atoms with E-state index in [-0.39, 0.29) is 0 Å². The van der Waals surface area contributed by atoms with Gasteiger partial charge < -0.3 is 9.80 Å². The van der Waals surface area contributed by atoms with Crippen molar-refractivity contribution in [2.24, 2.45) is 29.6 Å². The normalized spacial score (nSPS) is 29.0. The Labute approximate surface area is 338 Å². The van der Waals surface area contributed by atoms with E-state index in [2.05, 4.69) is 173 Å². The summed E-state index contributed by atoms with van der Waals surface area (Å²) in [6.45, 7) is 5.14. The molecule has 0 amide bonds. The number of benzene rings is 4. The molecule has 3 aliphatic carbocycles. The van der Waals surface area contributed by atoms with Crippen molar-refractivity contribution >= 4 is 37.1 Å². The van der Waals surface area contributed by atoms with E-state index in [1.54, 1.807) is 21.2 Å². The van der Waals surface area contributed by atoms with Gasteiger partial charge in [-0.2, -0.15) is 0 Å². The van der Waals surface area contributed by atoms with E-state index in [1.165, 1.54) is 77.0 Å². The lowest BCUT2D eigenvalue weighted by Gasteiger charge is -2.52. The van der Waals surface area contributed by atoms with Gasteiger partial charge >= 0.3 is 0 Å². The second-order valence-corrected chi connectivity index (χ2v) is 23.0. The molecule has 0 radical (unpaired) electrons. The van der Waals surface area contributed by atoms with Crippen LogP contribution in [0.3, 0.4) is 0 Å². The van der Waals surface area contributed by atoms with E-state index >= 15 is 0 Å². The lowest BCUT2D eigenvalue weighted by Crippen LogP contribution is -2.51. The Kier molecular flexibility index (Phi) is 14.1. The Morgan fingerprint density at radius 2 is 1.02 bits per heavy atom. The zero-order valence-electron chi connectivity index (χ0n) is 34.9. The molecule has 0 N–H and O–H groups in total. The average Bonchev–Trinajstić information content (AvgIpc) is 3.87. The SMILES string of the molecule is C[C@H]([C@H]1C(C2CCCCCC(C3(P(c4ccccc4)c4ccccc4)CCC[C@H]3[C@@H](C)N(C)C)CC2)CCC1P(c1ccccc1)c1ccccc1)N(C)C. The van der Waals surface area contributed by atoms with Crippen LogP contribution in [-0.4, -0.2) is 60.9 Å². The number of nitrogens with zero attached hydrogens (tertiary/aromatic N) is 2. The fourth-order valence-electron chi connectivity index (χ4n) is 12.0. The highest BCUT2D eigenvalue weighted by Crippen LogP contribution is 2.66. The van der Waals surface area contributed by atoms with Crippen molar-refractivity contribution in [3.8, 4) is 0 Å². The highest BCUT2D eigenvalue weighted by atomic mass is 31.1. The van der Waals surface area contributed by atoms with Crippen LogP contribution in [0.4, 0.5) is 0 Å².